The maximum Gasteiger partial charge on any atom is 0.214 e. The number of fused-ring (bicyclic) bond motifs is 2. The van der Waals surface area contributed by atoms with Crippen molar-refractivity contribution in [3.63, 3.8) is 0 Å². The topological polar surface area (TPSA) is 64.8 Å². The maximum atomic E-state index is 11.5. The monoisotopic (exact) mass is 364 g/mol. The van der Waals surface area contributed by atoms with Crippen LogP contribution in [0.4, 0.5) is 5.69 Å². The fourth-order valence-corrected chi connectivity index (χ4v) is 4.06. The minimum atomic E-state index is 0.336. The van der Waals surface area contributed by atoms with E-state index in [1.807, 2.05) is 6.07 Å². The second-order valence-electron chi connectivity index (χ2n) is 8.48. The third-order valence-corrected chi connectivity index (χ3v) is 5.73. The van der Waals surface area contributed by atoms with Crippen LogP contribution in [0.3, 0.4) is 0 Å². The fourth-order valence-electron chi connectivity index (χ4n) is 4.06. The molecule has 142 valence electrons. The molecule has 0 spiro atoms. The van der Waals surface area contributed by atoms with Crippen LogP contribution in [-0.2, 0) is 17.6 Å². The van der Waals surface area contributed by atoms with E-state index in [1.54, 1.807) is 4.90 Å². The lowest BCUT2D eigenvalue weighted by Crippen LogP contribution is -2.22. The lowest BCUT2D eigenvalue weighted by atomic mass is 9.76. The molecule has 2 N–H and O–H groups in total. The highest BCUT2D eigenvalue weighted by molar-refractivity contribution is 5.90. The first kappa shape index (κ1) is 17.8. The van der Waals surface area contributed by atoms with E-state index in [0.29, 0.717) is 5.41 Å². The molecule has 1 aromatic carbocycles. The fraction of sp³-hybridized carbons (Fsp3) is 0.455. The molecule has 0 bridgehead atoms. The van der Waals surface area contributed by atoms with E-state index in [9.17, 15) is 4.79 Å². The average molecular weight is 364 g/mol. The van der Waals surface area contributed by atoms with Crippen LogP contribution in [0.5, 0.6) is 0 Å². The van der Waals surface area contributed by atoms with Gasteiger partial charge in [-0.3, -0.25) is 9.89 Å². The van der Waals surface area contributed by atoms with Gasteiger partial charge in [0.15, 0.2) is 0 Å². The van der Waals surface area contributed by atoms with Gasteiger partial charge in [-0.2, -0.15) is 5.10 Å². The molecule has 0 saturated heterocycles. The number of carbonyl (C=O) groups excluding carboxylic acids is 1. The van der Waals surface area contributed by atoms with Gasteiger partial charge in [0.05, 0.1) is 5.69 Å². The molecule has 1 aliphatic carbocycles. The zero-order chi connectivity index (χ0) is 19.0. The van der Waals surface area contributed by atoms with E-state index in [1.165, 1.54) is 17.7 Å². The Morgan fingerprint density at radius 2 is 2.15 bits per heavy atom. The summed E-state index contributed by atoms with van der Waals surface area (Å²) >= 11 is 0. The van der Waals surface area contributed by atoms with Crippen molar-refractivity contribution in [1.82, 2.24) is 15.2 Å². The van der Waals surface area contributed by atoms with Crippen molar-refractivity contribution in [3.8, 4) is 11.4 Å². The minimum absolute atomic E-state index is 0.336. The molecule has 0 aliphatic heterocycles. The van der Waals surface area contributed by atoms with Gasteiger partial charge in [0, 0.05) is 34.4 Å². The number of rotatable bonds is 6. The molecule has 3 aromatic rings. The molecule has 2 heterocycles. The lowest BCUT2D eigenvalue weighted by molar-refractivity contribution is -0.107. The van der Waals surface area contributed by atoms with E-state index in [2.05, 4.69) is 54.2 Å². The highest BCUT2D eigenvalue weighted by Crippen LogP contribution is 2.38. The number of carbonyl (C=O) groups is 1. The smallest absolute Gasteiger partial charge is 0.214 e. The summed E-state index contributed by atoms with van der Waals surface area (Å²) in [6.45, 7) is 7.52. The van der Waals surface area contributed by atoms with Gasteiger partial charge in [-0.25, -0.2) is 0 Å². The molecule has 1 aliphatic rings. The summed E-state index contributed by atoms with van der Waals surface area (Å²) < 4.78 is 0. The largest absolute Gasteiger partial charge is 0.353 e. The Morgan fingerprint density at radius 1 is 1.30 bits per heavy atom. The Kier molecular flexibility index (Phi) is 4.54. The number of anilines is 1. The first-order valence-electron chi connectivity index (χ1n) is 9.92. The summed E-state index contributed by atoms with van der Waals surface area (Å²) in [6, 6.07) is 8.32. The number of hydrogen-bond acceptors (Lipinski definition) is 2. The van der Waals surface area contributed by atoms with Crippen LogP contribution in [0.2, 0.25) is 0 Å². The van der Waals surface area contributed by atoms with Crippen LogP contribution in [-0.4, -0.2) is 28.1 Å². The van der Waals surface area contributed by atoms with Crippen molar-refractivity contribution < 1.29 is 4.79 Å². The van der Waals surface area contributed by atoms with Crippen molar-refractivity contribution in [2.45, 2.75) is 52.9 Å². The van der Waals surface area contributed by atoms with E-state index in [-0.39, 0.29) is 0 Å². The number of hydrogen-bond donors (Lipinski definition) is 2. The highest BCUT2D eigenvalue weighted by atomic mass is 16.1. The zero-order valence-electron chi connectivity index (χ0n) is 16.4. The van der Waals surface area contributed by atoms with Gasteiger partial charge in [0.25, 0.3) is 0 Å². The first-order chi connectivity index (χ1) is 13.0. The molecule has 2 aromatic heterocycles. The Balaban J connectivity index is 1.67. The van der Waals surface area contributed by atoms with Gasteiger partial charge >= 0.3 is 0 Å². The van der Waals surface area contributed by atoms with Crippen molar-refractivity contribution in [3.05, 3.63) is 35.5 Å². The van der Waals surface area contributed by atoms with E-state index in [4.69, 9.17) is 0 Å². The Hall–Kier alpha value is -2.56. The number of amides is 1. The van der Waals surface area contributed by atoms with Crippen LogP contribution in [0.25, 0.3) is 22.3 Å². The summed E-state index contributed by atoms with van der Waals surface area (Å²) in [5.74, 6) is 0. The lowest BCUT2D eigenvalue weighted by Gasteiger charge is -2.28. The summed E-state index contributed by atoms with van der Waals surface area (Å²) in [7, 11) is 0. The average Bonchev–Trinajstić information content (AvgIpc) is 3.24. The Morgan fingerprint density at radius 3 is 2.93 bits per heavy atom. The van der Waals surface area contributed by atoms with Gasteiger partial charge in [-0.15, -0.1) is 0 Å². The number of nitrogens with one attached hydrogen (secondary N) is 2. The molecule has 0 unspecified atom stereocenters. The summed E-state index contributed by atoms with van der Waals surface area (Å²) in [4.78, 5) is 16.8. The predicted molar refractivity (Wildman–Crippen MR) is 110 cm³/mol. The highest BCUT2D eigenvalue weighted by Gasteiger charge is 2.29. The van der Waals surface area contributed by atoms with E-state index < -0.39 is 0 Å². The molecule has 4 rings (SSSR count). The van der Waals surface area contributed by atoms with Gasteiger partial charge in [0.1, 0.15) is 5.69 Å². The number of H-pyrrole nitrogens is 2. The van der Waals surface area contributed by atoms with Crippen molar-refractivity contribution in [1.29, 1.82) is 0 Å². The van der Waals surface area contributed by atoms with Gasteiger partial charge in [-0.1, -0.05) is 33.3 Å². The first-order valence-corrected chi connectivity index (χ1v) is 9.92. The van der Waals surface area contributed by atoms with Crippen LogP contribution in [0.15, 0.2) is 24.3 Å². The van der Waals surface area contributed by atoms with Gasteiger partial charge in [0.2, 0.25) is 6.41 Å². The quantitative estimate of drug-likeness (QED) is 0.615. The molecule has 0 saturated carbocycles. The van der Waals surface area contributed by atoms with E-state index >= 15 is 0 Å². The van der Waals surface area contributed by atoms with Crippen LogP contribution in [0, 0.1) is 5.41 Å². The molecule has 5 nitrogen and oxygen atoms in total. The van der Waals surface area contributed by atoms with Crippen molar-refractivity contribution >= 4 is 23.0 Å². The van der Waals surface area contributed by atoms with Crippen molar-refractivity contribution in [2.24, 2.45) is 5.41 Å². The SMILES string of the molecule is CCCCN(C=O)c1ccc2cc(-c3n[nH]c4c3CCC(C)(C)C4)[nH]c2c1. The third-order valence-electron chi connectivity index (χ3n) is 5.73. The Bertz CT molecular complexity index is 966. The van der Waals surface area contributed by atoms with Gasteiger partial charge in [-0.05, 0) is 49.3 Å². The number of aromatic nitrogens is 3. The van der Waals surface area contributed by atoms with Crippen LogP contribution < -0.4 is 4.90 Å². The predicted octanol–water partition coefficient (Wildman–Crippen LogP) is 4.84. The number of nitrogens with zero attached hydrogens (tertiary/aromatic N) is 2. The Labute approximate surface area is 160 Å². The summed E-state index contributed by atoms with van der Waals surface area (Å²) in [5, 5.41) is 9.02. The van der Waals surface area contributed by atoms with E-state index in [0.717, 1.165) is 66.6 Å². The second-order valence-corrected chi connectivity index (χ2v) is 8.48. The van der Waals surface area contributed by atoms with Gasteiger partial charge < -0.3 is 9.88 Å². The summed E-state index contributed by atoms with van der Waals surface area (Å²) in [5.41, 5.74) is 7.01. The second kappa shape index (κ2) is 6.87. The minimum Gasteiger partial charge on any atom is -0.353 e. The molecular formula is C22H28N4O. The molecule has 0 fully saturated rings. The van der Waals surface area contributed by atoms with Crippen LogP contribution >= 0.6 is 0 Å². The maximum absolute atomic E-state index is 11.5. The standard InChI is InChI=1S/C22H28N4O/c1-4-5-10-26(14-27)16-7-6-15-11-19(23-18(15)12-16)21-17-8-9-22(2,3)13-20(17)24-25-21/h6-7,11-12,14,23H,4-5,8-10,13H2,1-3H3,(H,24,25). The number of aromatic amines is 2. The molecule has 27 heavy (non-hydrogen) atoms. The number of unbranched alkanes of at least 4 members (excludes halogenated alkanes) is 1. The molecule has 0 radical (unpaired) electrons. The normalized spacial score (nSPS) is 15.7. The third kappa shape index (κ3) is 3.38. The molecular weight excluding hydrogens is 336 g/mol. The zero-order valence-corrected chi connectivity index (χ0v) is 16.4. The summed E-state index contributed by atoms with van der Waals surface area (Å²) in [6.07, 6.45) is 6.29. The molecule has 1 amide bonds. The number of benzene rings is 1. The van der Waals surface area contributed by atoms with Crippen LogP contribution in [0.1, 0.15) is 51.3 Å². The molecule has 5 heteroatoms. The molecule has 0 atom stereocenters. The van der Waals surface area contributed by atoms with Crippen molar-refractivity contribution in [2.75, 3.05) is 11.4 Å².